The Kier molecular flexibility index (Phi) is 5.84. The van der Waals surface area contributed by atoms with Gasteiger partial charge in [0, 0.05) is 17.7 Å². The molecule has 6 nitrogen and oxygen atoms in total. The summed E-state index contributed by atoms with van der Waals surface area (Å²) in [6.07, 6.45) is 0.461. The zero-order valence-electron chi connectivity index (χ0n) is 13.1. The number of hydrogen-bond donors (Lipinski definition) is 2. The van der Waals surface area contributed by atoms with E-state index in [2.05, 4.69) is 5.32 Å². The highest BCUT2D eigenvalue weighted by Gasteiger charge is 2.23. The highest BCUT2D eigenvalue weighted by Crippen LogP contribution is 2.38. The molecule has 0 bridgehead atoms. The second kappa shape index (κ2) is 7.17. The van der Waals surface area contributed by atoms with Gasteiger partial charge in [-0.15, -0.1) is 0 Å². The van der Waals surface area contributed by atoms with Crippen LogP contribution in [0.1, 0.15) is 30.6 Å². The van der Waals surface area contributed by atoms with Crippen molar-refractivity contribution in [3.8, 4) is 17.2 Å². The Bertz CT molecular complexity index is 474. The summed E-state index contributed by atoms with van der Waals surface area (Å²) in [4.78, 5) is 12.3. The lowest BCUT2D eigenvalue weighted by atomic mass is 10.0. The largest absolute Gasteiger partial charge is 0.493 e. The van der Waals surface area contributed by atoms with E-state index >= 15 is 0 Å². The lowest BCUT2D eigenvalue weighted by Gasteiger charge is -2.25. The highest BCUT2D eigenvalue weighted by atomic mass is 16.5. The Morgan fingerprint density at radius 1 is 1.14 bits per heavy atom. The van der Waals surface area contributed by atoms with Gasteiger partial charge in [0.05, 0.1) is 21.3 Å². The van der Waals surface area contributed by atoms with Crippen LogP contribution in [0.15, 0.2) is 12.1 Å². The Morgan fingerprint density at radius 3 is 2.05 bits per heavy atom. The number of carbonyl (C=O) groups is 1. The molecule has 0 saturated heterocycles. The van der Waals surface area contributed by atoms with Gasteiger partial charge in [0.15, 0.2) is 11.5 Å². The molecule has 0 atom stereocenters. The summed E-state index contributed by atoms with van der Waals surface area (Å²) in [6, 6.07) is 3.18. The molecule has 1 amide bonds. The van der Waals surface area contributed by atoms with Gasteiger partial charge in [0.2, 0.25) is 5.75 Å². The molecule has 118 valence electrons. The molecule has 2 N–H and O–H groups in total. The molecule has 1 aromatic carbocycles. The van der Waals surface area contributed by atoms with Crippen molar-refractivity contribution in [3.05, 3.63) is 17.7 Å². The van der Waals surface area contributed by atoms with E-state index in [0.29, 0.717) is 29.2 Å². The molecule has 0 aliphatic heterocycles. The molecule has 0 saturated carbocycles. The zero-order valence-corrected chi connectivity index (χ0v) is 13.1. The predicted molar refractivity (Wildman–Crippen MR) is 79.3 cm³/mol. The summed E-state index contributed by atoms with van der Waals surface area (Å²) < 4.78 is 15.7. The minimum absolute atomic E-state index is 0.00251. The van der Waals surface area contributed by atoms with E-state index in [1.165, 1.54) is 21.3 Å². The van der Waals surface area contributed by atoms with Crippen LogP contribution in [-0.4, -0.2) is 44.5 Å². The predicted octanol–water partition coefficient (Wildman–Crippen LogP) is 1.60. The van der Waals surface area contributed by atoms with Gasteiger partial charge in [0.25, 0.3) is 5.91 Å². The van der Waals surface area contributed by atoms with Crippen LogP contribution < -0.4 is 19.5 Å². The first-order chi connectivity index (χ1) is 9.88. The molecule has 1 rings (SSSR count). The summed E-state index contributed by atoms with van der Waals surface area (Å²) in [5, 5.41) is 11.9. The lowest BCUT2D eigenvalue weighted by molar-refractivity contribution is 0.0898. The molecule has 0 aliphatic carbocycles. The first-order valence-corrected chi connectivity index (χ1v) is 6.62. The van der Waals surface area contributed by atoms with Crippen molar-refractivity contribution in [1.29, 1.82) is 0 Å². The third-order valence-electron chi connectivity index (χ3n) is 3.12. The molecular formula is C15H23NO5. The van der Waals surface area contributed by atoms with Gasteiger partial charge in [0.1, 0.15) is 0 Å². The molecule has 0 aliphatic rings. The summed E-state index contributed by atoms with van der Waals surface area (Å²) in [7, 11) is 4.49. The zero-order chi connectivity index (χ0) is 16.0. The first kappa shape index (κ1) is 17.1. The van der Waals surface area contributed by atoms with Crippen molar-refractivity contribution in [2.75, 3.05) is 27.9 Å². The SMILES string of the molecule is COc1cc(C(=O)NC(C)(C)CCO)cc(OC)c1OC. The van der Waals surface area contributed by atoms with Crippen molar-refractivity contribution in [2.24, 2.45) is 0 Å². The molecule has 0 unspecified atom stereocenters. The Hall–Kier alpha value is -1.95. The number of amides is 1. The van der Waals surface area contributed by atoms with Crippen molar-refractivity contribution in [2.45, 2.75) is 25.8 Å². The van der Waals surface area contributed by atoms with Crippen LogP contribution >= 0.6 is 0 Å². The first-order valence-electron chi connectivity index (χ1n) is 6.62. The smallest absolute Gasteiger partial charge is 0.251 e. The Balaban J connectivity index is 3.10. The minimum Gasteiger partial charge on any atom is -0.493 e. The van der Waals surface area contributed by atoms with E-state index in [1.54, 1.807) is 12.1 Å². The average molecular weight is 297 g/mol. The monoisotopic (exact) mass is 297 g/mol. The van der Waals surface area contributed by atoms with Gasteiger partial charge >= 0.3 is 0 Å². The number of nitrogens with one attached hydrogen (secondary N) is 1. The van der Waals surface area contributed by atoms with E-state index < -0.39 is 5.54 Å². The van der Waals surface area contributed by atoms with E-state index in [-0.39, 0.29) is 12.5 Å². The second-order valence-electron chi connectivity index (χ2n) is 5.23. The third-order valence-corrected chi connectivity index (χ3v) is 3.12. The maximum absolute atomic E-state index is 12.3. The number of methoxy groups -OCH3 is 3. The summed E-state index contributed by atoms with van der Waals surface area (Å²) in [5.41, 5.74) is -0.109. The maximum atomic E-state index is 12.3. The molecule has 0 fully saturated rings. The molecule has 21 heavy (non-hydrogen) atoms. The van der Waals surface area contributed by atoms with Gasteiger partial charge in [-0.25, -0.2) is 0 Å². The number of aliphatic hydroxyl groups excluding tert-OH is 1. The molecule has 1 aromatic rings. The third kappa shape index (κ3) is 4.26. The molecule has 0 heterocycles. The fourth-order valence-electron chi connectivity index (χ4n) is 1.93. The van der Waals surface area contributed by atoms with Gasteiger partial charge in [-0.2, -0.15) is 0 Å². The number of benzene rings is 1. The molecule has 0 spiro atoms. The van der Waals surface area contributed by atoms with Gasteiger partial charge < -0.3 is 24.6 Å². The fourth-order valence-corrected chi connectivity index (χ4v) is 1.93. The quantitative estimate of drug-likeness (QED) is 0.799. The van der Waals surface area contributed by atoms with Crippen LogP contribution in [0.3, 0.4) is 0 Å². The molecule has 0 aromatic heterocycles. The van der Waals surface area contributed by atoms with Crippen LogP contribution in [0.4, 0.5) is 0 Å². The summed E-state index contributed by atoms with van der Waals surface area (Å²) in [6.45, 7) is 3.70. The lowest BCUT2D eigenvalue weighted by Crippen LogP contribution is -2.44. The summed E-state index contributed by atoms with van der Waals surface area (Å²) in [5.74, 6) is 1.00. The minimum atomic E-state index is -0.508. The molecular weight excluding hydrogens is 274 g/mol. The highest BCUT2D eigenvalue weighted by molar-refractivity contribution is 5.96. The van der Waals surface area contributed by atoms with E-state index in [0.717, 1.165) is 0 Å². The van der Waals surface area contributed by atoms with Crippen LogP contribution in [0.2, 0.25) is 0 Å². The van der Waals surface area contributed by atoms with Crippen LogP contribution in [0.25, 0.3) is 0 Å². The number of ether oxygens (including phenoxy) is 3. The van der Waals surface area contributed by atoms with Crippen LogP contribution in [-0.2, 0) is 0 Å². The molecule has 0 radical (unpaired) electrons. The van der Waals surface area contributed by atoms with Crippen LogP contribution in [0, 0.1) is 0 Å². The van der Waals surface area contributed by atoms with Crippen molar-refractivity contribution in [1.82, 2.24) is 5.32 Å². The standard InChI is InChI=1S/C15H23NO5/c1-15(2,6-7-17)16-14(18)10-8-11(19-3)13(21-5)12(9-10)20-4/h8-9,17H,6-7H2,1-5H3,(H,16,18). The van der Waals surface area contributed by atoms with Gasteiger partial charge in [-0.05, 0) is 32.4 Å². The Labute approximate surface area is 125 Å². The summed E-state index contributed by atoms with van der Waals surface area (Å²) >= 11 is 0. The second-order valence-corrected chi connectivity index (χ2v) is 5.23. The number of carbonyl (C=O) groups excluding carboxylic acids is 1. The average Bonchev–Trinajstić information content (AvgIpc) is 2.44. The van der Waals surface area contributed by atoms with E-state index in [1.807, 2.05) is 13.8 Å². The normalized spacial score (nSPS) is 11.0. The van der Waals surface area contributed by atoms with Crippen molar-refractivity contribution < 1.29 is 24.1 Å². The van der Waals surface area contributed by atoms with Crippen molar-refractivity contribution >= 4 is 5.91 Å². The number of hydrogen-bond acceptors (Lipinski definition) is 5. The van der Waals surface area contributed by atoms with E-state index in [4.69, 9.17) is 19.3 Å². The maximum Gasteiger partial charge on any atom is 0.251 e. The van der Waals surface area contributed by atoms with Crippen molar-refractivity contribution in [3.63, 3.8) is 0 Å². The van der Waals surface area contributed by atoms with Gasteiger partial charge in [-0.3, -0.25) is 4.79 Å². The van der Waals surface area contributed by atoms with Crippen LogP contribution in [0.5, 0.6) is 17.2 Å². The topological polar surface area (TPSA) is 77.0 Å². The fraction of sp³-hybridized carbons (Fsp3) is 0.533. The molecule has 6 heteroatoms. The van der Waals surface area contributed by atoms with Gasteiger partial charge in [-0.1, -0.05) is 0 Å². The number of rotatable bonds is 7. The number of aliphatic hydroxyl groups is 1. The van der Waals surface area contributed by atoms with E-state index in [9.17, 15) is 4.79 Å². The Morgan fingerprint density at radius 2 is 1.67 bits per heavy atom.